The number of carbonyl (C=O) groups is 2. The molecule has 0 spiro atoms. The first-order chi connectivity index (χ1) is 6.81. The van der Waals surface area contributed by atoms with Crippen LogP contribution in [0.25, 0.3) is 0 Å². The Kier molecular flexibility index (Phi) is 5.24. The van der Waals surface area contributed by atoms with Crippen LogP contribution in [0.5, 0.6) is 0 Å². The Morgan fingerprint density at radius 1 is 1.40 bits per heavy atom. The van der Waals surface area contributed by atoms with Crippen LogP contribution in [0.15, 0.2) is 0 Å². The average Bonchev–Trinajstić information content (AvgIpc) is 2.15. The Bertz CT molecular complexity index is 239. The third-order valence-electron chi connectivity index (χ3n) is 2.03. The summed E-state index contributed by atoms with van der Waals surface area (Å²) in [6, 6.07) is 0. The van der Waals surface area contributed by atoms with E-state index in [1.807, 2.05) is 0 Å². The number of rotatable bonds is 6. The minimum Gasteiger partial charge on any atom is -0.481 e. The first-order valence-electron chi connectivity index (χ1n) is 4.59. The fraction of sp³-hybridized carbons (Fsp3) is 0.778. The molecule has 0 bridgehead atoms. The monoisotopic (exact) mass is 221 g/mol. The maximum absolute atomic E-state index is 11.3. The molecule has 0 heterocycles. The summed E-state index contributed by atoms with van der Waals surface area (Å²) in [6.45, 7) is 2.70. The topological polar surface area (TPSA) is 107 Å². The van der Waals surface area contributed by atoms with Crippen molar-refractivity contribution >= 4 is 11.9 Å². The van der Waals surface area contributed by atoms with Crippen molar-refractivity contribution in [1.82, 2.24) is 5.32 Å². The summed E-state index contributed by atoms with van der Waals surface area (Å²) >= 11 is 0. The number of carbonyl (C=O) groups excluding carboxylic acids is 1. The van der Waals surface area contributed by atoms with E-state index in [-0.39, 0.29) is 19.6 Å². The van der Waals surface area contributed by atoms with E-state index in [2.05, 4.69) is 5.32 Å². The van der Waals surface area contributed by atoms with Crippen LogP contribution < -0.4 is 5.32 Å². The van der Waals surface area contributed by atoms with Gasteiger partial charge in [-0.15, -0.1) is 0 Å². The van der Waals surface area contributed by atoms with E-state index in [0.29, 0.717) is 0 Å². The summed E-state index contributed by atoms with van der Waals surface area (Å²) in [5.41, 5.74) is -0.937. The lowest BCUT2D eigenvalue weighted by Gasteiger charge is -2.26. The minimum atomic E-state index is -1.35. The molecule has 0 aliphatic carbocycles. The summed E-state index contributed by atoms with van der Waals surface area (Å²) in [6.07, 6.45) is -1.55. The molecule has 0 aliphatic heterocycles. The predicted octanol–water partition coefficient (Wildman–Crippen LogP) is -1.04. The number of aliphatic hydroxyl groups excluding tert-OH is 2. The van der Waals surface area contributed by atoms with E-state index in [4.69, 9.17) is 10.2 Å². The largest absolute Gasteiger partial charge is 0.481 e. The minimum absolute atomic E-state index is 0.0350. The molecule has 6 heteroatoms. The molecule has 0 rings (SSSR count). The number of hydrogen-bond acceptors (Lipinski definition) is 4. The van der Waals surface area contributed by atoms with Crippen LogP contribution in [-0.2, 0) is 9.59 Å². The molecular weight excluding hydrogens is 204 g/mol. The standard InChI is InChI=1S/C9H17NO5/c1-9(2,5-11)7(14)8(15)10-4-3-6(12)13/h7,11,14H,3-5H2,1-2H3,(H,10,15)(H,12,13)/t7-/m0/s1/i4+1,10+1. The van der Waals surface area contributed by atoms with Crippen molar-refractivity contribution in [1.29, 1.82) is 0 Å². The molecule has 0 unspecified atom stereocenters. The molecule has 0 radical (unpaired) electrons. The maximum Gasteiger partial charge on any atom is 0.305 e. The van der Waals surface area contributed by atoms with Gasteiger partial charge in [-0.05, 0) is 0 Å². The second-order valence-electron chi connectivity index (χ2n) is 3.98. The van der Waals surface area contributed by atoms with E-state index < -0.39 is 23.4 Å². The van der Waals surface area contributed by atoms with Gasteiger partial charge in [0.1, 0.15) is 6.10 Å². The fourth-order valence-electron chi connectivity index (χ4n) is 0.831. The number of hydrogen-bond donors (Lipinski definition) is 4. The Hall–Kier alpha value is -1.14. The van der Waals surface area contributed by atoms with Gasteiger partial charge in [-0.3, -0.25) is 9.59 Å². The maximum atomic E-state index is 11.3. The van der Waals surface area contributed by atoms with Crippen LogP contribution >= 0.6 is 0 Å². The van der Waals surface area contributed by atoms with Crippen LogP contribution in [-0.4, -0.2) is 46.5 Å². The lowest BCUT2D eigenvalue weighted by molar-refractivity contribution is -0.138. The molecule has 88 valence electrons. The van der Waals surface area contributed by atoms with Crippen molar-refractivity contribution in [2.24, 2.45) is 5.41 Å². The lowest BCUT2D eigenvalue weighted by atomic mass is 9.87. The van der Waals surface area contributed by atoms with Gasteiger partial charge >= 0.3 is 5.97 Å². The Balaban J connectivity index is 4.05. The SMILES string of the molecule is CC(C)(CO)[C@@H](O)C(=O)[15NH][13CH2]CC(=O)O. The van der Waals surface area contributed by atoms with Gasteiger partial charge in [-0.1, -0.05) is 13.8 Å². The smallest absolute Gasteiger partial charge is 0.305 e. The summed E-state index contributed by atoms with van der Waals surface area (Å²) in [5, 5.41) is 29.0. The molecule has 0 aromatic rings. The third kappa shape index (κ3) is 4.75. The van der Waals surface area contributed by atoms with E-state index in [1.165, 1.54) is 13.8 Å². The summed E-state index contributed by atoms with van der Waals surface area (Å²) in [4.78, 5) is 21.4. The molecule has 15 heavy (non-hydrogen) atoms. The number of aliphatic hydroxyl groups is 2. The Morgan fingerprint density at radius 2 is 1.93 bits per heavy atom. The number of carboxylic acids is 1. The number of nitrogens with one attached hydrogen (secondary N) is 1. The molecule has 0 aliphatic rings. The van der Waals surface area contributed by atoms with Crippen molar-refractivity contribution in [3.05, 3.63) is 0 Å². The van der Waals surface area contributed by atoms with Crippen LogP contribution in [0, 0.1) is 5.41 Å². The molecular formula is C9H17NO5. The number of aliphatic carboxylic acids is 1. The number of amides is 1. The van der Waals surface area contributed by atoms with Gasteiger partial charge in [0.25, 0.3) is 0 Å². The molecule has 0 aromatic heterocycles. The van der Waals surface area contributed by atoms with Gasteiger partial charge in [-0.2, -0.15) is 0 Å². The molecule has 0 fully saturated rings. The van der Waals surface area contributed by atoms with Crippen LogP contribution in [0.1, 0.15) is 20.3 Å². The Morgan fingerprint density at radius 3 is 2.33 bits per heavy atom. The molecule has 0 saturated heterocycles. The fourth-order valence-corrected chi connectivity index (χ4v) is 0.831. The van der Waals surface area contributed by atoms with Crippen molar-refractivity contribution < 1.29 is 24.9 Å². The molecule has 6 nitrogen and oxygen atoms in total. The molecule has 1 atom stereocenters. The first kappa shape index (κ1) is 13.9. The average molecular weight is 221 g/mol. The summed E-state index contributed by atoms with van der Waals surface area (Å²) < 4.78 is 0. The van der Waals surface area contributed by atoms with E-state index in [9.17, 15) is 14.7 Å². The summed E-state index contributed by atoms with van der Waals surface area (Å²) in [7, 11) is 0. The van der Waals surface area contributed by atoms with Gasteiger partial charge in [0.05, 0.1) is 13.0 Å². The van der Waals surface area contributed by atoms with E-state index in [0.717, 1.165) is 0 Å². The van der Waals surface area contributed by atoms with Gasteiger partial charge in [0, 0.05) is 12.0 Å². The highest BCUT2D eigenvalue weighted by atomic mass is 16.4. The number of carboxylic acid groups (broad SMARTS) is 1. The van der Waals surface area contributed by atoms with Crippen LogP contribution in [0.4, 0.5) is 0 Å². The van der Waals surface area contributed by atoms with Gasteiger partial charge < -0.3 is 20.6 Å². The van der Waals surface area contributed by atoms with Gasteiger partial charge in [0.15, 0.2) is 0 Å². The van der Waals surface area contributed by atoms with Crippen LogP contribution in [0.2, 0.25) is 0 Å². The second kappa shape index (κ2) is 5.67. The van der Waals surface area contributed by atoms with Crippen molar-refractivity contribution in [3.8, 4) is 0 Å². The lowest BCUT2D eigenvalue weighted by Crippen LogP contribution is -2.45. The zero-order valence-electron chi connectivity index (χ0n) is 8.86. The van der Waals surface area contributed by atoms with Crippen LogP contribution in [0.3, 0.4) is 0 Å². The highest BCUT2D eigenvalue weighted by Gasteiger charge is 2.32. The van der Waals surface area contributed by atoms with Gasteiger partial charge in [-0.25, -0.2) is 0 Å². The van der Waals surface area contributed by atoms with E-state index >= 15 is 0 Å². The van der Waals surface area contributed by atoms with Gasteiger partial charge in [0.2, 0.25) is 5.91 Å². The van der Waals surface area contributed by atoms with E-state index in [1.54, 1.807) is 0 Å². The van der Waals surface area contributed by atoms with Crippen molar-refractivity contribution in [2.45, 2.75) is 26.4 Å². The third-order valence-corrected chi connectivity index (χ3v) is 2.03. The highest BCUT2D eigenvalue weighted by molar-refractivity contribution is 5.81. The summed E-state index contributed by atoms with van der Waals surface area (Å²) in [5.74, 6) is -1.69. The predicted molar refractivity (Wildman–Crippen MR) is 52.1 cm³/mol. The van der Waals surface area contributed by atoms with Crippen molar-refractivity contribution in [3.63, 3.8) is 0 Å². The molecule has 0 aromatic carbocycles. The molecule has 4 N–H and O–H groups in total. The normalized spacial score (nSPS) is 13.3. The van der Waals surface area contributed by atoms with Crippen molar-refractivity contribution in [2.75, 3.05) is 13.2 Å². The highest BCUT2D eigenvalue weighted by Crippen LogP contribution is 2.19. The quantitative estimate of drug-likeness (QED) is 0.338. The zero-order chi connectivity index (χ0) is 12.1. The Labute approximate surface area is 87.9 Å². The molecule has 1 amide bonds. The zero-order valence-corrected chi connectivity index (χ0v) is 8.86. The molecule has 0 saturated carbocycles. The first-order valence-corrected chi connectivity index (χ1v) is 4.59. The second-order valence-corrected chi connectivity index (χ2v) is 3.98.